The zero-order chi connectivity index (χ0) is 17.8. The van der Waals surface area contributed by atoms with Crippen molar-refractivity contribution in [3.05, 3.63) is 65.0 Å². The number of para-hydroxylation sites is 1. The van der Waals surface area contributed by atoms with Crippen LogP contribution in [0.4, 0.5) is 10.1 Å². The van der Waals surface area contributed by atoms with E-state index in [4.69, 9.17) is 0 Å². The number of hydrogen-bond acceptors (Lipinski definition) is 2. The number of hydrogen-bond donors (Lipinski definition) is 2. The maximum atomic E-state index is 14.8. The molecule has 132 valence electrons. The molecule has 2 atom stereocenters. The quantitative estimate of drug-likeness (QED) is 0.780. The lowest BCUT2D eigenvalue weighted by molar-refractivity contribution is 0.156. The van der Waals surface area contributed by atoms with E-state index < -0.39 is 0 Å². The highest BCUT2D eigenvalue weighted by Crippen LogP contribution is 2.47. The largest absolute Gasteiger partial charge is 0.384 e. The molecule has 2 aliphatic rings. The third-order valence-corrected chi connectivity index (χ3v) is 6.61. The molecule has 4 rings (SSSR count). The minimum atomic E-state index is -0.274. The first-order valence-corrected chi connectivity index (χ1v) is 9.19. The van der Waals surface area contributed by atoms with Crippen LogP contribution in [-0.4, -0.2) is 12.1 Å². The van der Waals surface area contributed by atoms with E-state index in [1.165, 1.54) is 11.3 Å². The van der Waals surface area contributed by atoms with E-state index in [-0.39, 0.29) is 22.8 Å². The highest BCUT2D eigenvalue weighted by atomic mass is 19.1. The van der Waals surface area contributed by atoms with Crippen LogP contribution < -0.4 is 10.6 Å². The Morgan fingerprint density at radius 2 is 1.76 bits per heavy atom. The van der Waals surface area contributed by atoms with Crippen LogP contribution in [0.1, 0.15) is 50.4 Å². The van der Waals surface area contributed by atoms with E-state index in [1.807, 2.05) is 6.07 Å². The Bertz CT molecular complexity index is 809. The number of nitrogens with one attached hydrogen (secondary N) is 2. The van der Waals surface area contributed by atoms with Crippen molar-refractivity contribution < 1.29 is 4.39 Å². The summed E-state index contributed by atoms with van der Waals surface area (Å²) in [5.41, 5.74) is 4.11. The predicted octanol–water partition coefficient (Wildman–Crippen LogP) is 4.81. The number of benzene rings is 2. The first-order valence-electron chi connectivity index (χ1n) is 9.19. The molecule has 0 bridgehead atoms. The van der Waals surface area contributed by atoms with Crippen molar-refractivity contribution in [2.75, 3.05) is 11.9 Å². The maximum absolute atomic E-state index is 14.8. The van der Waals surface area contributed by atoms with Crippen molar-refractivity contribution in [1.29, 1.82) is 0 Å². The van der Waals surface area contributed by atoms with E-state index in [0.717, 1.165) is 24.1 Å². The Balaban J connectivity index is 1.78. The number of anilines is 1. The van der Waals surface area contributed by atoms with Gasteiger partial charge in [-0.3, -0.25) is 0 Å². The van der Waals surface area contributed by atoms with E-state index >= 15 is 0 Å². The van der Waals surface area contributed by atoms with Crippen molar-refractivity contribution in [2.45, 2.75) is 51.1 Å². The Kier molecular flexibility index (Phi) is 3.69. The van der Waals surface area contributed by atoms with Gasteiger partial charge in [0.25, 0.3) is 0 Å². The highest BCUT2D eigenvalue weighted by Gasteiger charge is 2.49. The molecular formula is C22H27FN2. The van der Waals surface area contributed by atoms with Gasteiger partial charge in [0.15, 0.2) is 0 Å². The molecule has 2 N–H and O–H groups in total. The van der Waals surface area contributed by atoms with Gasteiger partial charge in [0, 0.05) is 34.8 Å². The lowest BCUT2D eigenvalue weighted by atomic mass is 9.62. The summed E-state index contributed by atoms with van der Waals surface area (Å²) in [5.74, 6) is 0.317. The number of halogens is 1. The van der Waals surface area contributed by atoms with Crippen molar-refractivity contribution in [2.24, 2.45) is 5.92 Å². The van der Waals surface area contributed by atoms with Crippen LogP contribution in [-0.2, 0) is 11.8 Å². The summed E-state index contributed by atoms with van der Waals surface area (Å²) < 4.78 is 14.8. The molecule has 2 nitrogen and oxygen atoms in total. The van der Waals surface area contributed by atoms with E-state index in [0.29, 0.717) is 5.92 Å². The second kappa shape index (κ2) is 5.57. The Morgan fingerprint density at radius 3 is 2.56 bits per heavy atom. The van der Waals surface area contributed by atoms with Gasteiger partial charge in [-0.15, -0.1) is 0 Å². The predicted molar refractivity (Wildman–Crippen MR) is 102 cm³/mol. The highest BCUT2D eigenvalue weighted by molar-refractivity contribution is 5.54. The summed E-state index contributed by atoms with van der Waals surface area (Å²) >= 11 is 0. The van der Waals surface area contributed by atoms with Gasteiger partial charge in [-0.25, -0.2) is 4.39 Å². The van der Waals surface area contributed by atoms with Crippen molar-refractivity contribution in [3.8, 4) is 0 Å². The van der Waals surface area contributed by atoms with Gasteiger partial charge in [-0.2, -0.15) is 0 Å². The average Bonchev–Trinajstić information content (AvgIpc) is 2.58. The second-order valence-corrected chi connectivity index (χ2v) is 8.58. The van der Waals surface area contributed by atoms with Gasteiger partial charge in [-0.05, 0) is 49.4 Å². The van der Waals surface area contributed by atoms with Gasteiger partial charge >= 0.3 is 0 Å². The summed E-state index contributed by atoms with van der Waals surface area (Å²) in [4.78, 5) is 0. The Morgan fingerprint density at radius 1 is 1.00 bits per heavy atom. The lowest BCUT2D eigenvalue weighted by Crippen LogP contribution is -2.61. The summed E-state index contributed by atoms with van der Waals surface area (Å²) in [6, 6.07) is 14.2. The standard InChI is InChI=1S/C22H27FN2/c1-21(2)19-16(9-7-10-17(19)23)20(25-22(21,3)4)15-12-14-8-5-6-11-18(14)24-13-15/h5-11,15,20,24-25H,12-13H2,1-4H3. The monoisotopic (exact) mass is 338 g/mol. The minimum Gasteiger partial charge on any atom is -0.384 e. The van der Waals surface area contributed by atoms with Crippen molar-refractivity contribution >= 4 is 5.69 Å². The fraction of sp³-hybridized carbons (Fsp3) is 0.455. The van der Waals surface area contributed by atoms with Gasteiger partial charge in [0.1, 0.15) is 5.82 Å². The average molecular weight is 338 g/mol. The van der Waals surface area contributed by atoms with E-state index in [9.17, 15) is 4.39 Å². The summed E-state index contributed by atoms with van der Waals surface area (Å²) in [7, 11) is 0. The van der Waals surface area contributed by atoms with Gasteiger partial charge < -0.3 is 10.6 Å². The lowest BCUT2D eigenvalue weighted by Gasteiger charge is -2.53. The van der Waals surface area contributed by atoms with Crippen molar-refractivity contribution in [3.63, 3.8) is 0 Å². The molecule has 0 fully saturated rings. The summed E-state index contributed by atoms with van der Waals surface area (Å²) in [5, 5.41) is 7.43. The van der Waals surface area contributed by atoms with Gasteiger partial charge in [0.05, 0.1) is 0 Å². The fourth-order valence-electron chi connectivity index (χ4n) is 4.49. The molecule has 0 radical (unpaired) electrons. The molecule has 25 heavy (non-hydrogen) atoms. The maximum Gasteiger partial charge on any atom is 0.127 e. The zero-order valence-electron chi connectivity index (χ0n) is 15.5. The molecule has 2 aromatic carbocycles. The molecule has 3 heteroatoms. The molecule has 0 aromatic heterocycles. The van der Waals surface area contributed by atoms with Crippen LogP contribution in [0.5, 0.6) is 0 Å². The van der Waals surface area contributed by atoms with Crippen LogP contribution in [0, 0.1) is 11.7 Å². The molecule has 2 aromatic rings. The Labute approximate surface area is 149 Å². The normalized spacial score (nSPS) is 26.3. The molecular weight excluding hydrogens is 311 g/mol. The molecule has 0 spiro atoms. The Hall–Kier alpha value is -1.87. The molecule has 0 amide bonds. The smallest absolute Gasteiger partial charge is 0.127 e. The first kappa shape index (κ1) is 16.6. The molecule has 2 aliphatic heterocycles. The first-order chi connectivity index (χ1) is 11.8. The topological polar surface area (TPSA) is 24.1 Å². The van der Waals surface area contributed by atoms with Crippen LogP contribution >= 0.6 is 0 Å². The molecule has 2 heterocycles. The molecule has 2 unspecified atom stereocenters. The molecule has 0 saturated heterocycles. The van der Waals surface area contributed by atoms with E-state index in [2.05, 4.69) is 68.7 Å². The third-order valence-electron chi connectivity index (χ3n) is 6.61. The molecule has 0 saturated carbocycles. The fourth-order valence-corrected chi connectivity index (χ4v) is 4.49. The van der Waals surface area contributed by atoms with Crippen molar-refractivity contribution in [1.82, 2.24) is 5.32 Å². The van der Waals surface area contributed by atoms with Crippen LogP contribution in [0.15, 0.2) is 42.5 Å². The zero-order valence-corrected chi connectivity index (χ0v) is 15.5. The van der Waals surface area contributed by atoms with Crippen LogP contribution in [0.3, 0.4) is 0 Å². The van der Waals surface area contributed by atoms with Crippen LogP contribution in [0.2, 0.25) is 0 Å². The molecule has 0 aliphatic carbocycles. The number of fused-ring (bicyclic) bond motifs is 2. The number of rotatable bonds is 1. The second-order valence-electron chi connectivity index (χ2n) is 8.58. The van der Waals surface area contributed by atoms with E-state index in [1.54, 1.807) is 6.07 Å². The third kappa shape index (κ3) is 2.48. The summed E-state index contributed by atoms with van der Waals surface area (Å²) in [6.07, 6.45) is 1.01. The SMILES string of the molecule is CC1(C)NC(C2CNc3ccccc3C2)c2cccc(F)c2C1(C)C. The summed E-state index contributed by atoms with van der Waals surface area (Å²) in [6.45, 7) is 9.58. The minimum absolute atomic E-state index is 0.0776. The van der Waals surface area contributed by atoms with Gasteiger partial charge in [-0.1, -0.05) is 44.2 Å². The van der Waals surface area contributed by atoms with Gasteiger partial charge in [0.2, 0.25) is 0 Å². The van der Waals surface area contributed by atoms with Crippen LogP contribution in [0.25, 0.3) is 0 Å².